The van der Waals surface area contributed by atoms with Gasteiger partial charge in [0.2, 0.25) is 0 Å². The van der Waals surface area contributed by atoms with Crippen molar-refractivity contribution in [2.24, 2.45) is 5.10 Å². The molecule has 5 rings (SSSR count). The number of carbonyl (C=O) groups excluding carboxylic acids is 2. The van der Waals surface area contributed by atoms with Gasteiger partial charge in [0.1, 0.15) is 5.76 Å². The van der Waals surface area contributed by atoms with Crippen LogP contribution in [0.4, 0.5) is 11.4 Å². The fourth-order valence-corrected chi connectivity index (χ4v) is 4.86. The molecule has 0 unspecified atom stereocenters. The molecule has 0 fully saturated rings. The molecule has 0 radical (unpaired) electrons. The Balaban J connectivity index is 1.39. The molecular weight excluding hydrogens is 496 g/mol. The van der Waals surface area contributed by atoms with E-state index in [4.69, 9.17) is 4.42 Å². The number of nitrogens with zero attached hydrogens (tertiary/aromatic N) is 2. The highest BCUT2D eigenvalue weighted by atomic mass is 16.6. The van der Waals surface area contributed by atoms with Crippen molar-refractivity contribution >= 4 is 28.9 Å². The molecule has 0 saturated carbocycles. The second-order valence-corrected chi connectivity index (χ2v) is 9.26. The molecule has 0 atom stereocenters. The number of fused-ring (bicyclic) bond motifs is 1. The number of hydrogen-bond acceptors (Lipinski definition) is 6. The average molecular weight is 523 g/mol. The number of anilines is 1. The Morgan fingerprint density at radius 3 is 2.26 bits per heavy atom. The van der Waals surface area contributed by atoms with E-state index in [-0.39, 0.29) is 23.0 Å². The molecule has 2 N–H and O–H groups in total. The maximum atomic E-state index is 13.4. The molecule has 1 aromatic heterocycles. The van der Waals surface area contributed by atoms with Gasteiger partial charge in [0.15, 0.2) is 5.76 Å². The highest BCUT2D eigenvalue weighted by Crippen LogP contribution is 2.31. The van der Waals surface area contributed by atoms with Crippen molar-refractivity contribution in [3.05, 3.63) is 129 Å². The lowest BCUT2D eigenvalue weighted by atomic mass is 9.90. The van der Waals surface area contributed by atoms with Gasteiger partial charge in [-0.05, 0) is 37.0 Å². The number of benzene rings is 3. The molecule has 9 nitrogen and oxygen atoms in total. The van der Waals surface area contributed by atoms with Gasteiger partial charge in [-0.15, -0.1) is 0 Å². The molecule has 1 aliphatic rings. The third-order valence-electron chi connectivity index (χ3n) is 6.68. The van der Waals surface area contributed by atoms with Crippen molar-refractivity contribution in [2.45, 2.75) is 32.1 Å². The maximum Gasteiger partial charge on any atom is 0.291 e. The zero-order valence-electron chi connectivity index (χ0n) is 21.2. The number of furan rings is 1. The van der Waals surface area contributed by atoms with Crippen molar-refractivity contribution in [2.75, 3.05) is 5.32 Å². The summed E-state index contributed by atoms with van der Waals surface area (Å²) in [5.74, 6) is -0.588. The predicted molar refractivity (Wildman–Crippen MR) is 147 cm³/mol. The van der Waals surface area contributed by atoms with Crippen LogP contribution < -0.4 is 10.7 Å². The van der Waals surface area contributed by atoms with Crippen LogP contribution in [0.3, 0.4) is 0 Å². The summed E-state index contributed by atoms with van der Waals surface area (Å²) in [5.41, 5.74) is 6.57. The standard InChI is InChI=1S/C30H26N4O5/c1-19-26-24(32-33-29(35)27(20-10-4-2-5-11-20)21-12-6-3-7-13-21)16-9-17-25(26)39-28(19)30(36)31-22-14-8-15-23(18-22)34(37)38/h2-8,10-15,18,27H,9,16-17H2,1H3,(H,31,36)(H,33,35)/b32-24+. The lowest BCUT2D eigenvalue weighted by Crippen LogP contribution is -2.28. The first-order valence-electron chi connectivity index (χ1n) is 12.6. The smallest absolute Gasteiger partial charge is 0.291 e. The van der Waals surface area contributed by atoms with Gasteiger partial charge in [-0.25, -0.2) is 5.43 Å². The fourth-order valence-electron chi connectivity index (χ4n) is 4.86. The van der Waals surface area contributed by atoms with Gasteiger partial charge in [-0.2, -0.15) is 5.10 Å². The first kappa shape index (κ1) is 25.6. The van der Waals surface area contributed by atoms with Crippen molar-refractivity contribution in [1.29, 1.82) is 0 Å². The van der Waals surface area contributed by atoms with Crippen LogP contribution >= 0.6 is 0 Å². The van der Waals surface area contributed by atoms with Gasteiger partial charge in [-0.3, -0.25) is 19.7 Å². The SMILES string of the molecule is Cc1c(C(=O)Nc2cccc([N+](=O)[O-])c2)oc2c1/C(=N/NC(=O)C(c1ccccc1)c1ccccc1)CCC2. The number of nitro groups is 1. The Kier molecular flexibility index (Phi) is 7.31. The third-order valence-corrected chi connectivity index (χ3v) is 6.68. The number of rotatable bonds is 7. The van der Waals surface area contributed by atoms with Gasteiger partial charge in [0, 0.05) is 35.4 Å². The van der Waals surface area contributed by atoms with Crippen molar-refractivity contribution < 1.29 is 18.9 Å². The molecule has 4 aromatic rings. The second-order valence-electron chi connectivity index (χ2n) is 9.26. The Morgan fingerprint density at radius 1 is 0.949 bits per heavy atom. The van der Waals surface area contributed by atoms with E-state index in [1.165, 1.54) is 18.2 Å². The molecule has 0 spiro atoms. The monoisotopic (exact) mass is 522 g/mol. The molecule has 0 saturated heterocycles. The van der Waals surface area contributed by atoms with Crippen molar-refractivity contribution in [3.63, 3.8) is 0 Å². The van der Waals surface area contributed by atoms with Crippen LogP contribution in [0.5, 0.6) is 0 Å². The largest absolute Gasteiger partial charge is 0.455 e. The number of non-ortho nitro benzene ring substituents is 1. The zero-order valence-corrected chi connectivity index (χ0v) is 21.2. The van der Waals surface area contributed by atoms with E-state index in [1.807, 2.05) is 60.7 Å². The number of nitro benzene ring substituents is 1. The quantitative estimate of drug-likeness (QED) is 0.236. The minimum absolute atomic E-state index is 0.110. The van der Waals surface area contributed by atoms with E-state index in [9.17, 15) is 19.7 Å². The number of hydrogen-bond donors (Lipinski definition) is 2. The van der Waals surface area contributed by atoms with Gasteiger partial charge in [0.25, 0.3) is 17.5 Å². The fraction of sp³-hybridized carbons (Fsp3) is 0.167. The Morgan fingerprint density at radius 2 is 1.62 bits per heavy atom. The summed E-state index contributed by atoms with van der Waals surface area (Å²) in [6.07, 6.45) is 1.99. The van der Waals surface area contributed by atoms with Crippen LogP contribution in [0.25, 0.3) is 0 Å². The van der Waals surface area contributed by atoms with Crippen molar-refractivity contribution in [3.8, 4) is 0 Å². The molecule has 0 aliphatic heterocycles. The number of nitrogens with one attached hydrogen (secondary N) is 2. The minimum Gasteiger partial charge on any atom is -0.455 e. The highest BCUT2D eigenvalue weighted by Gasteiger charge is 2.29. The van der Waals surface area contributed by atoms with E-state index in [0.717, 1.165) is 17.5 Å². The van der Waals surface area contributed by atoms with Gasteiger partial charge in [0.05, 0.1) is 16.6 Å². The van der Waals surface area contributed by atoms with Gasteiger partial charge in [-0.1, -0.05) is 66.7 Å². The summed E-state index contributed by atoms with van der Waals surface area (Å²) in [4.78, 5) is 37.0. The first-order valence-corrected chi connectivity index (χ1v) is 12.6. The minimum atomic E-state index is -0.540. The summed E-state index contributed by atoms with van der Waals surface area (Å²) in [6.45, 7) is 1.77. The van der Waals surface area contributed by atoms with Gasteiger partial charge >= 0.3 is 0 Å². The van der Waals surface area contributed by atoms with Crippen LogP contribution in [0.1, 0.15) is 57.3 Å². The molecule has 9 heteroatoms. The first-order chi connectivity index (χ1) is 18.9. The normalized spacial score (nSPS) is 13.6. The lowest BCUT2D eigenvalue weighted by Gasteiger charge is -2.18. The highest BCUT2D eigenvalue weighted by molar-refractivity contribution is 6.09. The van der Waals surface area contributed by atoms with Crippen LogP contribution in [-0.4, -0.2) is 22.4 Å². The Labute approximate surface area is 224 Å². The Hall–Kier alpha value is -5.05. The number of aryl methyl sites for hydroxylation is 1. The molecular formula is C30H26N4O5. The molecule has 1 heterocycles. The average Bonchev–Trinajstić information content (AvgIpc) is 3.30. The van der Waals surface area contributed by atoms with Crippen LogP contribution in [0, 0.1) is 17.0 Å². The summed E-state index contributed by atoms with van der Waals surface area (Å²) in [6, 6.07) is 24.7. The Bertz CT molecular complexity index is 1520. The number of amides is 2. The zero-order chi connectivity index (χ0) is 27.4. The molecule has 2 amide bonds. The van der Waals surface area contributed by atoms with E-state index in [1.54, 1.807) is 13.0 Å². The van der Waals surface area contributed by atoms with E-state index in [2.05, 4.69) is 15.8 Å². The predicted octanol–water partition coefficient (Wildman–Crippen LogP) is 5.74. The van der Waals surface area contributed by atoms with E-state index < -0.39 is 16.7 Å². The van der Waals surface area contributed by atoms with Crippen LogP contribution in [-0.2, 0) is 11.2 Å². The number of carbonyl (C=O) groups is 2. The van der Waals surface area contributed by atoms with Crippen LogP contribution in [0.15, 0.2) is 94.4 Å². The second kappa shape index (κ2) is 11.1. The molecule has 3 aromatic carbocycles. The lowest BCUT2D eigenvalue weighted by molar-refractivity contribution is -0.384. The summed E-state index contributed by atoms with van der Waals surface area (Å²) < 4.78 is 5.93. The molecule has 0 bridgehead atoms. The molecule has 1 aliphatic carbocycles. The van der Waals surface area contributed by atoms with E-state index >= 15 is 0 Å². The third kappa shape index (κ3) is 5.47. The topological polar surface area (TPSA) is 127 Å². The van der Waals surface area contributed by atoms with Gasteiger partial charge < -0.3 is 9.73 Å². The van der Waals surface area contributed by atoms with E-state index in [0.29, 0.717) is 35.4 Å². The maximum absolute atomic E-state index is 13.4. The van der Waals surface area contributed by atoms with Crippen LogP contribution in [0.2, 0.25) is 0 Å². The summed E-state index contributed by atoms with van der Waals surface area (Å²) in [7, 11) is 0. The molecule has 196 valence electrons. The van der Waals surface area contributed by atoms with Crippen molar-refractivity contribution in [1.82, 2.24) is 5.43 Å². The summed E-state index contributed by atoms with van der Waals surface area (Å²) >= 11 is 0. The molecule has 39 heavy (non-hydrogen) atoms. The number of hydrazone groups is 1. The summed E-state index contributed by atoms with van der Waals surface area (Å²) in [5, 5.41) is 18.2.